The molecule has 1 aliphatic heterocycles. The predicted octanol–water partition coefficient (Wildman–Crippen LogP) is 0.635. The molecule has 0 saturated carbocycles. The van der Waals surface area contributed by atoms with Gasteiger partial charge in [-0.2, -0.15) is 0 Å². The monoisotopic (exact) mass is 351 g/mol. The maximum atomic E-state index is 12.6. The van der Waals surface area contributed by atoms with Gasteiger partial charge in [-0.1, -0.05) is 18.2 Å². The van der Waals surface area contributed by atoms with Gasteiger partial charge in [0.1, 0.15) is 12.0 Å². The highest BCUT2D eigenvalue weighted by Gasteiger charge is 2.30. The number of likely N-dealkylation sites (tertiary alicyclic amines) is 1. The van der Waals surface area contributed by atoms with Crippen molar-refractivity contribution in [2.45, 2.75) is 12.5 Å². The van der Waals surface area contributed by atoms with E-state index in [1.807, 2.05) is 30.3 Å². The normalized spacial score (nSPS) is 16.6. The van der Waals surface area contributed by atoms with Crippen molar-refractivity contribution in [1.82, 2.24) is 34.9 Å². The van der Waals surface area contributed by atoms with Gasteiger partial charge in [0, 0.05) is 19.1 Å². The summed E-state index contributed by atoms with van der Waals surface area (Å²) in [5.74, 6) is -0.319. The van der Waals surface area contributed by atoms with Crippen molar-refractivity contribution in [1.29, 1.82) is 0 Å². The first-order valence-corrected chi connectivity index (χ1v) is 8.26. The summed E-state index contributed by atoms with van der Waals surface area (Å²) in [6, 6.07) is 9.37. The third-order valence-electron chi connectivity index (χ3n) is 4.26. The Kier molecular flexibility index (Phi) is 4.18. The van der Waals surface area contributed by atoms with Crippen molar-refractivity contribution >= 4 is 11.8 Å². The van der Waals surface area contributed by atoms with Gasteiger partial charge in [-0.15, -0.1) is 5.10 Å². The van der Waals surface area contributed by atoms with E-state index in [-0.39, 0.29) is 23.7 Å². The first-order valence-electron chi connectivity index (χ1n) is 8.26. The number of amides is 2. The van der Waals surface area contributed by atoms with Crippen LogP contribution in [0.3, 0.4) is 0 Å². The Morgan fingerprint density at radius 1 is 1.23 bits per heavy atom. The smallest absolute Gasteiger partial charge is 0.293 e. The van der Waals surface area contributed by atoms with E-state index in [1.54, 1.807) is 9.58 Å². The highest BCUT2D eigenvalue weighted by atomic mass is 16.2. The van der Waals surface area contributed by atoms with Gasteiger partial charge < -0.3 is 15.2 Å². The number of H-pyrrole nitrogens is 1. The van der Waals surface area contributed by atoms with Crippen LogP contribution in [0.25, 0.3) is 5.69 Å². The van der Waals surface area contributed by atoms with Crippen molar-refractivity contribution < 1.29 is 9.59 Å². The molecule has 2 N–H and O–H groups in total. The lowest BCUT2D eigenvalue weighted by Crippen LogP contribution is -2.38. The van der Waals surface area contributed by atoms with Crippen LogP contribution in [-0.4, -0.2) is 60.6 Å². The molecule has 1 aromatic carbocycles. The average Bonchev–Trinajstić information content (AvgIpc) is 3.42. The van der Waals surface area contributed by atoms with Gasteiger partial charge in [0.15, 0.2) is 0 Å². The molecule has 9 heteroatoms. The second-order valence-electron chi connectivity index (χ2n) is 6.02. The van der Waals surface area contributed by atoms with Crippen LogP contribution in [0.5, 0.6) is 0 Å². The number of nitrogens with zero attached hydrogens (tertiary/aromatic N) is 5. The van der Waals surface area contributed by atoms with Gasteiger partial charge in [0.05, 0.1) is 18.2 Å². The first-order chi connectivity index (χ1) is 12.7. The minimum absolute atomic E-state index is 0.106. The zero-order valence-corrected chi connectivity index (χ0v) is 13.9. The zero-order chi connectivity index (χ0) is 17.9. The Balaban J connectivity index is 1.39. The molecule has 1 saturated heterocycles. The van der Waals surface area contributed by atoms with Gasteiger partial charge in [-0.05, 0) is 18.6 Å². The summed E-state index contributed by atoms with van der Waals surface area (Å²) < 4.78 is 1.57. The van der Waals surface area contributed by atoms with Crippen LogP contribution in [-0.2, 0) is 0 Å². The SMILES string of the molecule is O=C(NC1CCN(C(=O)c2ncn(-c3ccccc3)n2)C1)c1cnc[nH]1. The highest BCUT2D eigenvalue weighted by molar-refractivity contribution is 5.93. The largest absolute Gasteiger partial charge is 0.346 e. The maximum absolute atomic E-state index is 12.6. The van der Waals surface area contributed by atoms with Crippen molar-refractivity contribution in [3.63, 3.8) is 0 Å². The summed E-state index contributed by atoms with van der Waals surface area (Å²) >= 11 is 0. The van der Waals surface area contributed by atoms with E-state index in [1.165, 1.54) is 18.9 Å². The Morgan fingerprint density at radius 2 is 2.08 bits per heavy atom. The van der Waals surface area contributed by atoms with Gasteiger partial charge in [0.25, 0.3) is 11.8 Å². The van der Waals surface area contributed by atoms with E-state index in [4.69, 9.17) is 0 Å². The molecule has 132 valence electrons. The van der Waals surface area contributed by atoms with E-state index in [9.17, 15) is 9.59 Å². The third kappa shape index (κ3) is 3.18. The fraction of sp³-hybridized carbons (Fsp3) is 0.235. The number of aromatic nitrogens is 5. The fourth-order valence-corrected chi connectivity index (χ4v) is 2.91. The second-order valence-corrected chi connectivity index (χ2v) is 6.02. The Hall–Kier alpha value is -3.49. The van der Waals surface area contributed by atoms with Crippen LogP contribution < -0.4 is 5.32 Å². The molecule has 1 unspecified atom stereocenters. The van der Waals surface area contributed by atoms with Crippen LogP contribution >= 0.6 is 0 Å². The van der Waals surface area contributed by atoms with Gasteiger partial charge in [0.2, 0.25) is 5.82 Å². The number of nitrogens with one attached hydrogen (secondary N) is 2. The number of carbonyl (C=O) groups excluding carboxylic acids is 2. The number of hydrogen-bond donors (Lipinski definition) is 2. The second kappa shape index (κ2) is 6.79. The molecular formula is C17H17N7O2. The van der Waals surface area contributed by atoms with Crippen LogP contribution in [0.15, 0.2) is 49.2 Å². The van der Waals surface area contributed by atoms with E-state index < -0.39 is 0 Å². The Bertz CT molecular complexity index is 904. The molecule has 0 spiro atoms. The fourth-order valence-electron chi connectivity index (χ4n) is 2.91. The lowest BCUT2D eigenvalue weighted by molar-refractivity contribution is 0.0771. The van der Waals surface area contributed by atoms with Crippen LogP contribution in [0.2, 0.25) is 0 Å². The van der Waals surface area contributed by atoms with Gasteiger partial charge >= 0.3 is 0 Å². The third-order valence-corrected chi connectivity index (χ3v) is 4.26. The van der Waals surface area contributed by atoms with E-state index in [0.717, 1.165) is 5.69 Å². The van der Waals surface area contributed by atoms with Crippen molar-refractivity contribution in [3.05, 3.63) is 60.7 Å². The minimum atomic E-state index is -0.238. The zero-order valence-electron chi connectivity index (χ0n) is 13.9. The van der Waals surface area contributed by atoms with E-state index in [2.05, 4.69) is 25.4 Å². The van der Waals surface area contributed by atoms with Crippen molar-refractivity contribution in [2.24, 2.45) is 0 Å². The predicted molar refractivity (Wildman–Crippen MR) is 91.7 cm³/mol. The lowest BCUT2D eigenvalue weighted by atomic mass is 10.2. The molecule has 1 aliphatic rings. The summed E-state index contributed by atoms with van der Waals surface area (Å²) in [7, 11) is 0. The number of rotatable bonds is 4. The van der Waals surface area contributed by atoms with Gasteiger partial charge in [-0.3, -0.25) is 9.59 Å². The first kappa shape index (κ1) is 16.0. The molecule has 2 aromatic heterocycles. The molecule has 9 nitrogen and oxygen atoms in total. The topological polar surface area (TPSA) is 109 Å². The minimum Gasteiger partial charge on any atom is -0.346 e. The summed E-state index contributed by atoms with van der Waals surface area (Å²) in [5.41, 5.74) is 1.24. The molecule has 1 fully saturated rings. The summed E-state index contributed by atoms with van der Waals surface area (Å²) in [6.45, 7) is 0.977. The van der Waals surface area contributed by atoms with Crippen LogP contribution in [0.4, 0.5) is 0 Å². The molecule has 2 amide bonds. The summed E-state index contributed by atoms with van der Waals surface area (Å²) in [5, 5.41) is 7.16. The molecule has 26 heavy (non-hydrogen) atoms. The molecule has 1 atom stereocenters. The summed E-state index contributed by atoms with van der Waals surface area (Å²) in [6.07, 6.45) is 5.13. The molecule has 0 radical (unpaired) electrons. The number of aromatic amines is 1. The average molecular weight is 351 g/mol. The number of para-hydroxylation sites is 1. The molecule has 0 aliphatic carbocycles. The Morgan fingerprint density at radius 3 is 2.85 bits per heavy atom. The maximum Gasteiger partial charge on any atom is 0.293 e. The number of hydrogen-bond acceptors (Lipinski definition) is 5. The number of carbonyl (C=O) groups is 2. The standard InChI is InChI=1S/C17H17N7O2/c25-16(14-8-18-10-19-14)21-12-6-7-23(9-12)17(26)15-20-11-24(22-15)13-4-2-1-3-5-13/h1-5,8,10-12H,6-7,9H2,(H,18,19)(H,21,25). The van der Waals surface area contributed by atoms with E-state index in [0.29, 0.717) is 25.2 Å². The summed E-state index contributed by atoms with van der Waals surface area (Å²) in [4.78, 5) is 37.0. The van der Waals surface area contributed by atoms with Crippen LogP contribution in [0, 0.1) is 0 Å². The lowest BCUT2D eigenvalue weighted by Gasteiger charge is -2.15. The van der Waals surface area contributed by atoms with Gasteiger partial charge in [-0.25, -0.2) is 14.6 Å². The van der Waals surface area contributed by atoms with Crippen LogP contribution in [0.1, 0.15) is 27.5 Å². The number of imidazole rings is 1. The quantitative estimate of drug-likeness (QED) is 0.717. The van der Waals surface area contributed by atoms with E-state index >= 15 is 0 Å². The highest BCUT2D eigenvalue weighted by Crippen LogP contribution is 2.13. The molecule has 4 rings (SSSR count). The Labute approximate surface area is 149 Å². The van der Waals surface area contributed by atoms with Crippen molar-refractivity contribution in [2.75, 3.05) is 13.1 Å². The molecule has 3 heterocycles. The number of benzene rings is 1. The van der Waals surface area contributed by atoms with Crippen molar-refractivity contribution in [3.8, 4) is 5.69 Å². The molecular weight excluding hydrogens is 334 g/mol. The molecule has 0 bridgehead atoms. The molecule has 3 aromatic rings.